The maximum Gasteiger partial charge on any atom is 2.00 e. The van der Waals surface area contributed by atoms with Crippen molar-refractivity contribution in [1.82, 2.24) is 0 Å². The van der Waals surface area contributed by atoms with Crippen LogP contribution < -0.4 is 20.4 Å². The number of aliphatic carboxylic acids is 4. The molecule has 0 aromatic heterocycles. The van der Waals surface area contributed by atoms with Gasteiger partial charge in [-0.2, -0.15) is 0 Å². The third-order valence-electron chi connectivity index (χ3n) is 6.83. The number of unbranched alkanes of at least 4 members (excludes halogenated alkanes) is 4. The van der Waals surface area contributed by atoms with Gasteiger partial charge in [0.1, 0.15) is 0 Å². The summed E-state index contributed by atoms with van der Waals surface area (Å²) in [6.45, 7) is 21.8. The number of carboxylic acid groups (broad SMARTS) is 4. The molecule has 0 saturated carbocycles. The van der Waals surface area contributed by atoms with Crippen LogP contribution in [-0.2, 0) is 71.6 Å². The van der Waals surface area contributed by atoms with E-state index in [1.54, 1.807) is 55.4 Å². The zero-order valence-corrected chi connectivity index (χ0v) is 33.7. The Morgan fingerprint density at radius 2 is 0.500 bits per heavy atom. The predicted octanol–water partition coefficient (Wildman–Crippen LogP) is 3.81. The SMILES string of the molecule is CCCCC(C)(C)C(=O)[O-].CCCCC(C)(C)C(=O)[O-].CCCCC(C)(C)C(=O)[O-].CCCCC(C)(C)C(=O)[O-].[Zr+2].[Zr+2]. The Morgan fingerprint density at radius 3 is 0.571 bits per heavy atom. The summed E-state index contributed by atoms with van der Waals surface area (Å²) in [5, 5.41) is 41.7. The summed E-state index contributed by atoms with van der Waals surface area (Å²) in [5.74, 6) is -3.77. The van der Waals surface area contributed by atoms with Gasteiger partial charge >= 0.3 is 52.4 Å². The largest absolute Gasteiger partial charge is 2.00 e. The molecular formula is C32H60O8Zr2. The Labute approximate surface area is 295 Å². The van der Waals surface area contributed by atoms with E-state index in [0.717, 1.165) is 51.4 Å². The zero-order valence-electron chi connectivity index (χ0n) is 28.8. The normalized spacial score (nSPS) is 11.0. The van der Waals surface area contributed by atoms with E-state index < -0.39 is 45.5 Å². The molecule has 0 aliphatic carbocycles. The van der Waals surface area contributed by atoms with E-state index in [1.807, 2.05) is 27.7 Å². The van der Waals surface area contributed by atoms with Gasteiger partial charge in [-0.3, -0.25) is 0 Å². The number of rotatable bonds is 16. The molecule has 0 heterocycles. The fourth-order valence-electron chi connectivity index (χ4n) is 2.88. The minimum absolute atomic E-state index is 0. The van der Waals surface area contributed by atoms with Crippen molar-refractivity contribution >= 4 is 23.9 Å². The number of carbonyl (C=O) groups is 4. The summed E-state index contributed by atoms with van der Waals surface area (Å²) >= 11 is 0. The molecule has 42 heavy (non-hydrogen) atoms. The molecule has 0 fully saturated rings. The molecular weight excluding hydrogens is 695 g/mol. The quantitative estimate of drug-likeness (QED) is 0.230. The first-order valence-electron chi connectivity index (χ1n) is 14.9. The van der Waals surface area contributed by atoms with Crippen LogP contribution in [0, 0.1) is 21.7 Å². The summed E-state index contributed by atoms with van der Waals surface area (Å²) in [7, 11) is 0. The molecule has 0 aliphatic rings. The van der Waals surface area contributed by atoms with Crippen molar-refractivity contribution in [2.75, 3.05) is 0 Å². The van der Waals surface area contributed by atoms with Crippen molar-refractivity contribution in [2.45, 2.75) is 160 Å². The average Bonchev–Trinajstić information content (AvgIpc) is 2.84. The summed E-state index contributed by atoms with van der Waals surface area (Å²) in [4.78, 5) is 41.7. The monoisotopic (exact) mass is 752 g/mol. The van der Waals surface area contributed by atoms with Gasteiger partial charge in [0.05, 0.1) is 0 Å². The van der Waals surface area contributed by atoms with Crippen LogP contribution in [0.15, 0.2) is 0 Å². The Kier molecular flexibility index (Phi) is 36.3. The van der Waals surface area contributed by atoms with Crippen LogP contribution >= 0.6 is 0 Å². The van der Waals surface area contributed by atoms with Crippen molar-refractivity contribution in [2.24, 2.45) is 21.7 Å². The van der Waals surface area contributed by atoms with Crippen LogP contribution in [0.4, 0.5) is 0 Å². The standard InChI is InChI=1S/4C8H16O2.2Zr/c4*1-4-5-6-8(2,3)7(9)10;;/h4*4-6H2,1-3H3,(H,9,10);;/q;;;;2*+2/p-4. The second-order valence-corrected chi connectivity index (χ2v) is 13.1. The third-order valence-corrected chi connectivity index (χ3v) is 6.83. The second-order valence-electron chi connectivity index (χ2n) is 13.1. The minimum Gasteiger partial charge on any atom is -0.550 e. The van der Waals surface area contributed by atoms with Crippen LogP contribution in [0.25, 0.3) is 0 Å². The van der Waals surface area contributed by atoms with Crippen molar-refractivity contribution in [3.63, 3.8) is 0 Å². The first kappa shape index (κ1) is 54.1. The molecule has 0 bridgehead atoms. The maximum absolute atomic E-state index is 10.4. The third kappa shape index (κ3) is 31.1. The molecule has 0 radical (unpaired) electrons. The van der Waals surface area contributed by atoms with Crippen LogP contribution in [0.3, 0.4) is 0 Å². The van der Waals surface area contributed by atoms with Crippen molar-refractivity contribution in [3.8, 4) is 0 Å². The van der Waals surface area contributed by atoms with Gasteiger partial charge in [-0.25, -0.2) is 0 Å². The van der Waals surface area contributed by atoms with E-state index in [9.17, 15) is 39.6 Å². The molecule has 10 heteroatoms. The minimum atomic E-state index is -0.944. The fourth-order valence-corrected chi connectivity index (χ4v) is 2.88. The van der Waals surface area contributed by atoms with E-state index in [-0.39, 0.29) is 52.4 Å². The smallest absolute Gasteiger partial charge is 0.550 e. The van der Waals surface area contributed by atoms with Crippen LogP contribution in [0.1, 0.15) is 160 Å². The van der Waals surface area contributed by atoms with Gasteiger partial charge in [-0.15, -0.1) is 0 Å². The van der Waals surface area contributed by atoms with E-state index in [2.05, 4.69) is 0 Å². The van der Waals surface area contributed by atoms with Crippen molar-refractivity contribution < 1.29 is 92.0 Å². The van der Waals surface area contributed by atoms with E-state index >= 15 is 0 Å². The molecule has 244 valence electrons. The Hall–Kier alpha value is -0.354. The summed E-state index contributed by atoms with van der Waals surface area (Å²) < 4.78 is 0. The van der Waals surface area contributed by atoms with Crippen LogP contribution in [0.5, 0.6) is 0 Å². The van der Waals surface area contributed by atoms with Crippen molar-refractivity contribution in [1.29, 1.82) is 0 Å². The molecule has 0 aromatic carbocycles. The summed E-state index contributed by atoms with van der Waals surface area (Å²) in [5.41, 5.74) is -2.57. The Balaban J connectivity index is -0.000000101. The van der Waals surface area contributed by atoms with Gasteiger partial charge in [0, 0.05) is 45.5 Å². The van der Waals surface area contributed by atoms with Gasteiger partial charge in [0.15, 0.2) is 0 Å². The molecule has 0 saturated heterocycles. The summed E-state index contributed by atoms with van der Waals surface area (Å²) in [6, 6.07) is 0. The first-order valence-corrected chi connectivity index (χ1v) is 14.9. The molecule has 0 spiro atoms. The van der Waals surface area contributed by atoms with Gasteiger partial charge < -0.3 is 39.6 Å². The van der Waals surface area contributed by atoms with E-state index in [4.69, 9.17) is 0 Å². The van der Waals surface area contributed by atoms with Gasteiger partial charge in [-0.1, -0.05) is 134 Å². The number of carbonyl (C=O) groups excluding carboxylic acids is 4. The molecule has 0 unspecified atom stereocenters. The molecule has 0 aromatic rings. The van der Waals surface area contributed by atoms with Gasteiger partial charge in [0.2, 0.25) is 0 Å². The second kappa shape index (κ2) is 28.1. The van der Waals surface area contributed by atoms with E-state index in [1.165, 1.54) is 0 Å². The fraction of sp³-hybridized carbons (Fsp3) is 0.875. The predicted molar refractivity (Wildman–Crippen MR) is 153 cm³/mol. The molecule has 0 rings (SSSR count). The molecule has 0 amide bonds. The maximum atomic E-state index is 10.4. The molecule has 8 nitrogen and oxygen atoms in total. The molecule has 0 N–H and O–H groups in total. The van der Waals surface area contributed by atoms with Gasteiger partial charge in [-0.05, 0) is 25.7 Å². The van der Waals surface area contributed by atoms with E-state index in [0.29, 0.717) is 25.7 Å². The Morgan fingerprint density at radius 1 is 0.381 bits per heavy atom. The van der Waals surface area contributed by atoms with Crippen molar-refractivity contribution in [3.05, 3.63) is 0 Å². The van der Waals surface area contributed by atoms with Crippen LogP contribution in [0.2, 0.25) is 0 Å². The molecule has 0 atom stereocenters. The summed E-state index contributed by atoms with van der Waals surface area (Å²) in [6.07, 6.45) is 10.8. The number of hydrogen-bond acceptors (Lipinski definition) is 8. The topological polar surface area (TPSA) is 161 Å². The number of hydrogen-bond donors (Lipinski definition) is 0. The Bertz CT molecular complexity index is 597. The van der Waals surface area contributed by atoms with Gasteiger partial charge in [0.25, 0.3) is 0 Å². The van der Waals surface area contributed by atoms with Crippen LogP contribution in [-0.4, -0.2) is 23.9 Å². The number of carboxylic acids is 4. The zero-order chi connectivity index (χ0) is 32.8. The average molecular weight is 755 g/mol. The molecule has 0 aliphatic heterocycles. The first-order chi connectivity index (χ1) is 18.0.